The smallest absolute Gasteiger partial charge is 0.310 e. The summed E-state index contributed by atoms with van der Waals surface area (Å²) in [6.07, 6.45) is 1.44. The molecule has 3 aromatic carbocycles. The van der Waals surface area contributed by atoms with Crippen LogP contribution in [0, 0.1) is 0 Å². The Labute approximate surface area is 177 Å². The maximum Gasteiger partial charge on any atom is 0.310 e. The van der Waals surface area contributed by atoms with Gasteiger partial charge in [0.1, 0.15) is 0 Å². The highest BCUT2D eigenvalue weighted by atomic mass is 16.3. The molecule has 0 saturated carbocycles. The van der Waals surface area contributed by atoms with E-state index in [4.69, 9.17) is 0 Å². The number of aromatic amines is 1. The molecule has 7 heteroatoms. The number of ketones is 1. The first-order chi connectivity index (χ1) is 15.0. The van der Waals surface area contributed by atoms with Crippen molar-refractivity contribution in [2.45, 2.75) is 5.60 Å². The number of para-hydroxylation sites is 1. The van der Waals surface area contributed by atoms with Crippen LogP contribution in [0.1, 0.15) is 21.5 Å². The topological polar surface area (TPSA) is 111 Å². The van der Waals surface area contributed by atoms with E-state index in [-0.39, 0.29) is 5.56 Å². The molecule has 4 rings (SSSR count). The van der Waals surface area contributed by atoms with Crippen LogP contribution in [0.3, 0.4) is 0 Å². The van der Waals surface area contributed by atoms with Gasteiger partial charge in [0.05, 0.1) is 5.56 Å². The molecule has 4 N–H and O–H groups in total. The van der Waals surface area contributed by atoms with E-state index in [0.717, 1.165) is 0 Å². The van der Waals surface area contributed by atoms with Crippen LogP contribution in [-0.2, 0) is 15.2 Å². The van der Waals surface area contributed by atoms with Crippen LogP contribution < -0.4 is 10.9 Å². The number of carbonyl (C=O) groups excluding carboxylic acids is 3. The van der Waals surface area contributed by atoms with E-state index in [9.17, 15) is 19.5 Å². The molecule has 0 saturated heterocycles. The quantitative estimate of drug-likeness (QED) is 0.229. The second-order valence-corrected chi connectivity index (χ2v) is 6.93. The van der Waals surface area contributed by atoms with Crippen molar-refractivity contribution in [2.24, 2.45) is 0 Å². The molecule has 154 valence electrons. The molecular weight excluding hydrogens is 394 g/mol. The minimum atomic E-state index is -2.07. The lowest BCUT2D eigenvalue weighted by atomic mass is 9.85. The van der Waals surface area contributed by atoms with E-state index in [1.165, 1.54) is 6.20 Å². The Kier molecular flexibility index (Phi) is 5.34. The predicted octanol–water partition coefficient (Wildman–Crippen LogP) is 2.43. The van der Waals surface area contributed by atoms with Crippen molar-refractivity contribution in [1.82, 2.24) is 15.8 Å². The van der Waals surface area contributed by atoms with Gasteiger partial charge in [0.25, 0.3) is 11.7 Å². The molecule has 0 aliphatic carbocycles. The van der Waals surface area contributed by atoms with Gasteiger partial charge in [-0.3, -0.25) is 25.2 Å². The Morgan fingerprint density at radius 2 is 1.29 bits per heavy atom. The minimum absolute atomic E-state index is 0.184. The third kappa shape index (κ3) is 3.70. The van der Waals surface area contributed by atoms with Gasteiger partial charge >= 0.3 is 5.91 Å². The van der Waals surface area contributed by atoms with E-state index in [2.05, 4.69) is 15.8 Å². The van der Waals surface area contributed by atoms with Crippen LogP contribution >= 0.6 is 0 Å². The van der Waals surface area contributed by atoms with Gasteiger partial charge in [-0.15, -0.1) is 0 Å². The number of aromatic nitrogens is 1. The largest absolute Gasteiger partial charge is 0.372 e. The van der Waals surface area contributed by atoms with E-state index in [1.807, 2.05) is 0 Å². The summed E-state index contributed by atoms with van der Waals surface area (Å²) in [5.74, 6) is -2.74. The van der Waals surface area contributed by atoms with Crippen molar-refractivity contribution in [3.8, 4) is 0 Å². The number of amides is 2. The number of fused-ring (bicyclic) bond motifs is 1. The summed E-state index contributed by atoms with van der Waals surface area (Å²) >= 11 is 0. The van der Waals surface area contributed by atoms with Crippen molar-refractivity contribution >= 4 is 28.5 Å². The molecule has 4 aromatic rings. The first kappa shape index (κ1) is 20.1. The van der Waals surface area contributed by atoms with Crippen LogP contribution in [0.4, 0.5) is 0 Å². The van der Waals surface area contributed by atoms with Crippen molar-refractivity contribution in [2.75, 3.05) is 0 Å². The Morgan fingerprint density at radius 3 is 1.90 bits per heavy atom. The Morgan fingerprint density at radius 1 is 0.742 bits per heavy atom. The number of hydrogen-bond acceptors (Lipinski definition) is 4. The molecule has 0 aliphatic heterocycles. The molecule has 1 aromatic heterocycles. The molecule has 0 radical (unpaired) electrons. The molecule has 0 atom stereocenters. The lowest BCUT2D eigenvalue weighted by molar-refractivity contribution is -0.139. The van der Waals surface area contributed by atoms with Gasteiger partial charge in [0.15, 0.2) is 5.60 Å². The first-order valence-electron chi connectivity index (χ1n) is 9.56. The van der Waals surface area contributed by atoms with Crippen LogP contribution in [0.2, 0.25) is 0 Å². The second-order valence-electron chi connectivity index (χ2n) is 6.93. The van der Waals surface area contributed by atoms with Gasteiger partial charge in [-0.25, -0.2) is 0 Å². The minimum Gasteiger partial charge on any atom is -0.372 e. The molecule has 0 aliphatic rings. The molecule has 0 unspecified atom stereocenters. The number of aliphatic hydroxyl groups is 1. The molecule has 1 heterocycles. The number of benzene rings is 3. The number of rotatable bonds is 5. The Balaban J connectivity index is 1.55. The van der Waals surface area contributed by atoms with Gasteiger partial charge in [0, 0.05) is 17.1 Å². The molecule has 31 heavy (non-hydrogen) atoms. The van der Waals surface area contributed by atoms with Crippen molar-refractivity contribution < 1.29 is 19.5 Å². The number of Topliss-reactive ketones (excluding diaryl/α,β-unsaturated/α-hetero) is 1. The monoisotopic (exact) mass is 413 g/mol. The highest BCUT2D eigenvalue weighted by Gasteiger charge is 2.40. The third-order valence-corrected chi connectivity index (χ3v) is 5.04. The van der Waals surface area contributed by atoms with E-state index in [0.29, 0.717) is 22.0 Å². The summed E-state index contributed by atoms with van der Waals surface area (Å²) in [4.78, 5) is 40.9. The van der Waals surface area contributed by atoms with Gasteiger partial charge in [0.2, 0.25) is 0 Å². The van der Waals surface area contributed by atoms with Crippen LogP contribution in [0.25, 0.3) is 10.9 Å². The lowest BCUT2D eigenvalue weighted by Crippen LogP contribution is -2.53. The summed E-state index contributed by atoms with van der Waals surface area (Å²) in [6, 6.07) is 23.8. The first-order valence-corrected chi connectivity index (χ1v) is 9.56. The standard InChI is InChI=1S/C24H19N3O4/c28-21(19-15-25-20-14-8-7-13-18(19)20)22(29)26-27-23(30)24(31,16-9-3-1-4-10-16)17-11-5-2-6-12-17/h1-15,25,31H,(H,26,29)(H,27,30). The van der Waals surface area contributed by atoms with Crippen molar-refractivity contribution in [1.29, 1.82) is 0 Å². The van der Waals surface area contributed by atoms with Crippen molar-refractivity contribution in [3.63, 3.8) is 0 Å². The predicted molar refractivity (Wildman–Crippen MR) is 115 cm³/mol. The van der Waals surface area contributed by atoms with Gasteiger partial charge < -0.3 is 10.1 Å². The number of nitrogens with one attached hydrogen (secondary N) is 3. The van der Waals surface area contributed by atoms with Crippen LogP contribution in [-0.4, -0.2) is 27.7 Å². The molecule has 0 bridgehead atoms. The normalized spacial score (nSPS) is 11.1. The lowest BCUT2D eigenvalue weighted by Gasteiger charge is -2.28. The average molecular weight is 413 g/mol. The molecule has 7 nitrogen and oxygen atoms in total. The zero-order valence-electron chi connectivity index (χ0n) is 16.3. The zero-order valence-corrected chi connectivity index (χ0v) is 16.3. The number of carbonyl (C=O) groups is 3. The summed E-state index contributed by atoms with van der Waals surface area (Å²) < 4.78 is 0. The molecular formula is C24H19N3O4. The average Bonchev–Trinajstić information content (AvgIpc) is 3.26. The maximum absolute atomic E-state index is 13.0. The highest BCUT2D eigenvalue weighted by molar-refractivity contribution is 6.45. The number of hydrogen-bond donors (Lipinski definition) is 4. The van der Waals surface area contributed by atoms with E-state index < -0.39 is 23.2 Å². The number of H-pyrrole nitrogens is 1. The molecule has 0 spiro atoms. The fraction of sp³-hybridized carbons (Fsp3) is 0.0417. The molecule has 0 fully saturated rings. The third-order valence-electron chi connectivity index (χ3n) is 5.04. The van der Waals surface area contributed by atoms with E-state index >= 15 is 0 Å². The second kappa shape index (κ2) is 8.25. The summed E-state index contributed by atoms with van der Waals surface area (Å²) in [7, 11) is 0. The summed E-state index contributed by atoms with van der Waals surface area (Å²) in [5.41, 5.74) is 3.77. The van der Waals surface area contributed by atoms with Crippen LogP contribution in [0.5, 0.6) is 0 Å². The molecule has 2 amide bonds. The summed E-state index contributed by atoms with van der Waals surface area (Å²) in [5, 5.41) is 11.9. The highest BCUT2D eigenvalue weighted by Crippen LogP contribution is 2.29. The van der Waals surface area contributed by atoms with Gasteiger partial charge in [-0.05, 0) is 17.2 Å². The Hall–Kier alpha value is -4.23. The van der Waals surface area contributed by atoms with Crippen molar-refractivity contribution in [3.05, 3.63) is 108 Å². The summed E-state index contributed by atoms with van der Waals surface area (Å²) in [6.45, 7) is 0. The SMILES string of the molecule is O=C(NNC(=O)C(O)(c1ccccc1)c1ccccc1)C(=O)c1c[nH]c2ccccc12. The maximum atomic E-state index is 13.0. The fourth-order valence-corrected chi connectivity index (χ4v) is 3.43. The van der Waals surface area contributed by atoms with Gasteiger partial charge in [-0.1, -0.05) is 78.9 Å². The van der Waals surface area contributed by atoms with Gasteiger partial charge in [-0.2, -0.15) is 0 Å². The fourth-order valence-electron chi connectivity index (χ4n) is 3.43. The number of hydrazine groups is 1. The van der Waals surface area contributed by atoms with E-state index in [1.54, 1.807) is 84.9 Å². The Bertz CT molecular complexity index is 1210. The zero-order chi connectivity index (χ0) is 21.8. The van der Waals surface area contributed by atoms with Crippen LogP contribution in [0.15, 0.2) is 91.1 Å².